The fourth-order valence-electron chi connectivity index (χ4n) is 3.41. The second-order valence-corrected chi connectivity index (χ2v) is 6.03. The van der Waals surface area contributed by atoms with Crippen LogP contribution in [0.1, 0.15) is 43.6 Å². The van der Waals surface area contributed by atoms with Gasteiger partial charge in [-0.25, -0.2) is 0 Å². The third-order valence-electron chi connectivity index (χ3n) is 4.47. The number of carbonyl (C=O) groups is 1. The number of Topliss-reactive ketones (excluding diaryl/α,β-unsaturated/α-hetero) is 1. The summed E-state index contributed by atoms with van der Waals surface area (Å²) in [5.74, 6) is 2.28. The van der Waals surface area contributed by atoms with Gasteiger partial charge in [0.05, 0.1) is 6.61 Å². The monoisotopic (exact) mass is 273 g/mol. The van der Waals surface area contributed by atoms with Crippen LogP contribution in [0.25, 0.3) is 0 Å². The third kappa shape index (κ3) is 3.21. The van der Waals surface area contributed by atoms with E-state index in [2.05, 4.69) is 11.4 Å². The summed E-state index contributed by atoms with van der Waals surface area (Å²) in [6.07, 6.45) is 4.79. The summed E-state index contributed by atoms with van der Waals surface area (Å²) in [6, 6.07) is 8.15. The molecule has 1 N–H and O–H groups in total. The van der Waals surface area contributed by atoms with Gasteiger partial charge in [-0.1, -0.05) is 18.2 Å². The molecule has 108 valence electrons. The zero-order chi connectivity index (χ0) is 13.8. The molecule has 0 aromatic heterocycles. The highest BCUT2D eigenvalue weighted by atomic mass is 16.5. The number of ether oxygens (including phenoxy) is 1. The lowest BCUT2D eigenvalue weighted by atomic mass is 9.85. The summed E-state index contributed by atoms with van der Waals surface area (Å²) in [5.41, 5.74) is 1.22. The Morgan fingerprint density at radius 2 is 2.15 bits per heavy atom. The van der Waals surface area contributed by atoms with Crippen LogP contribution in [0.2, 0.25) is 0 Å². The molecule has 3 rings (SSSR count). The van der Waals surface area contributed by atoms with Crippen molar-refractivity contribution in [1.29, 1.82) is 0 Å². The molecule has 2 aliphatic heterocycles. The summed E-state index contributed by atoms with van der Waals surface area (Å²) < 4.78 is 5.66. The van der Waals surface area contributed by atoms with Crippen molar-refractivity contribution in [3.63, 3.8) is 0 Å². The number of carbonyl (C=O) groups excluding carboxylic acids is 1. The van der Waals surface area contributed by atoms with Crippen LogP contribution in [0.5, 0.6) is 5.75 Å². The average molecular weight is 273 g/mol. The zero-order valence-corrected chi connectivity index (χ0v) is 11.9. The van der Waals surface area contributed by atoms with E-state index in [4.69, 9.17) is 4.74 Å². The normalized spacial score (nSPS) is 25.6. The molecule has 0 amide bonds. The van der Waals surface area contributed by atoms with E-state index >= 15 is 0 Å². The van der Waals surface area contributed by atoms with Gasteiger partial charge in [0.15, 0.2) is 0 Å². The first kappa shape index (κ1) is 13.6. The summed E-state index contributed by atoms with van der Waals surface area (Å²) >= 11 is 0. The molecule has 2 aliphatic rings. The van der Waals surface area contributed by atoms with Crippen LogP contribution in [0.4, 0.5) is 0 Å². The van der Waals surface area contributed by atoms with Gasteiger partial charge in [0.1, 0.15) is 11.5 Å². The lowest BCUT2D eigenvalue weighted by Crippen LogP contribution is -2.31. The minimum atomic E-state index is 0.351. The SMILES string of the molecule is O=C(CC1CCCNC1)CC1CCOc2ccccc21. The van der Waals surface area contributed by atoms with Crippen molar-refractivity contribution < 1.29 is 9.53 Å². The Morgan fingerprint density at radius 1 is 1.25 bits per heavy atom. The van der Waals surface area contributed by atoms with Crippen LogP contribution in [0.15, 0.2) is 24.3 Å². The zero-order valence-electron chi connectivity index (χ0n) is 11.9. The molecular weight excluding hydrogens is 250 g/mol. The van der Waals surface area contributed by atoms with Gasteiger partial charge in [0.25, 0.3) is 0 Å². The number of nitrogens with one attached hydrogen (secondary N) is 1. The van der Waals surface area contributed by atoms with E-state index in [-0.39, 0.29) is 0 Å². The van der Waals surface area contributed by atoms with Gasteiger partial charge in [-0.05, 0) is 55.8 Å². The second kappa shape index (κ2) is 6.40. The molecule has 0 radical (unpaired) electrons. The van der Waals surface area contributed by atoms with Crippen LogP contribution >= 0.6 is 0 Å². The Hall–Kier alpha value is -1.35. The van der Waals surface area contributed by atoms with Gasteiger partial charge in [0, 0.05) is 12.8 Å². The number of para-hydroxylation sites is 1. The van der Waals surface area contributed by atoms with Crippen molar-refractivity contribution in [2.45, 2.75) is 38.0 Å². The molecule has 3 heteroatoms. The Bertz CT molecular complexity index is 466. The van der Waals surface area contributed by atoms with Gasteiger partial charge in [-0.15, -0.1) is 0 Å². The number of piperidine rings is 1. The van der Waals surface area contributed by atoms with E-state index in [0.717, 1.165) is 38.3 Å². The number of rotatable bonds is 4. The highest BCUT2D eigenvalue weighted by Crippen LogP contribution is 2.36. The first-order valence-electron chi connectivity index (χ1n) is 7.77. The number of hydrogen-bond acceptors (Lipinski definition) is 3. The first-order chi connectivity index (χ1) is 9.83. The van der Waals surface area contributed by atoms with Gasteiger partial charge in [-0.3, -0.25) is 4.79 Å². The van der Waals surface area contributed by atoms with Crippen LogP contribution < -0.4 is 10.1 Å². The van der Waals surface area contributed by atoms with Crippen molar-refractivity contribution in [1.82, 2.24) is 5.32 Å². The maximum atomic E-state index is 12.3. The molecule has 20 heavy (non-hydrogen) atoms. The summed E-state index contributed by atoms with van der Waals surface area (Å²) in [4.78, 5) is 12.3. The predicted molar refractivity (Wildman–Crippen MR) is 79.1 cm³/mol. The van der Waals surface area contributed by atoms with E-state index in [1.54, 1.807) is 0 Å². The number of fused-ring (bicyclic) bond motifs is 1. The van der Waals surface area contributed by atoms with E-state index < -0.39 is 0 Å². The maximum Gasteiger partial charge on any atom is 0.133 e. The molecule has 0 spiro atoms. The topological polar surface area (TPSA) is 38.3 Å². The Morgan fingerprint density at radius 3 is 3.00 bits per heavy atom. The number of ketones is 1. The molecule has 3 nitrogen and oxygen atoms in total. The fraction of sp³-hybridized carbons (Fsp3) is 0.588. The van der Waals surface area contributed by atoms with Gasteiger partial charge in [-0.2, -0.15) is 0 Å². The first-order valence-corrected chi connectivity index (χ1v) is 7.77. The number of hydrogen-bond donors (Lipinski definition) is 1. The quantitative estimate of drug-likeness (QED) is 0.916. The molecule has 2 heterocycles. The van der Waals surface area contributed by atoms with Crippen LogP contribution in [-0.2, 0) is 4.79 Å². The van der Waals surface area contributed by atoms with E-state index in [9.17, 15) is 4.79 Å². The third-order valence-corrected chi connectivity index (χ3v) is 4.47. The van der Waals surface area contributed by atoms with Gasteiger partial charge in [0.2, 0.25) is 0 Å². The smallest absolute Gasteiger partial charge is 0.133 e. The standard InChI is InChI=1S/C17H23NO2/c19-15(10-13-4-3-8-18-12-13)11-14-7-9-20-17-6-2-1-5-16(14)17/h1-2,5-6,13-14,18H,3-4,7-12H2. The van der Waals surface area contributed by atoms with Crippen molar-refractivity contribution in [2.75, 3.05) is 19.7 Å². The Labute approximate surface area is 120 Å². The summed E-state index contributed by atoms with van der Waals surface area (Å²) in [6.45, 7) is 2.86. The number of benzene rings is 1. The Balaban J connectivity index is 1.59. The van der Waals surface area contributed by atoms with E-state index in [1.165, 1.54) is 18.4 Å². The molecule has 1 saturated heterocycles. The fourth-order valence-corrected chi connectivity index (χ4v) is 3.41. The minimum Gasteiger partial charge on any atom is -0.493 e. The summed E-state index contributed by atoms with van der Waals surface area (Å²) in [7, 11) is 0. The molecular formula is C17H23NO2. The van der Waals surface area contributed by atoms with Gasteiger partial charge < -0.3 is 10.1 Å². The van der Waals surface area contributed by atoms with Crippen molar-refractivity contribution in [3.8, 4) is 5.75 Å². The van der Waals surface area contributed by atoms with Crippen LogP contribution in [0.3, 0.4) is 0 Å². The molecule has 2 atom stereocenters. The lowest BCUT2D eigenvalue weighted by Gasteiger charge is -2.26. The largest absolute Gasteiger partial charge is 0.493 e. The van der Waals surface area contributed by atoms with Crippen molar-refractivity contribution in [2.24, 2.45) is 5.92 Å². The predicted octanol–water partition coefficient (Wildman–Crippen LogP) is 2.90. The maximum absolute atomic E-state index is 12.3. The van der Waals surface area contributed by atoms with Crippen LogP contribution in [0, 0.1) is 5.92 Å². The highest BCUT2D eigenvalue weighted by molar-refractivity contribution is 5.79. The van der Waals surface area contributed by atoms with E-state index in [1.807, 2.05) is 18.2 Å². The molecule has 2 unspecified atom stereocenters. The molecule has 0 aliphatic carbocycles. The molecule has 0 bridgehead atoms. The van der Waals surface area contributed by atoms with Crippen LogP contribution in [-0.4, -0.2) is 25.5 Å². The highest BCUT2D eigenvalue weighted by Gasteiger charge is 2.25. The second-order valence-electron chi connectivity index (χ2n) is 6.03. The Kier molecular flexibility index (Phi) is 4.36. The average Bonchev–Trinajstić information content (AvgIpc) is 2.48. The van der Waals surface area contributed by atoms with Gasteiger partial charge >= 0.3 is 0 Å². The minimum absolute atomic E-state index is 0.351. The van der Waals surface area contributed by atoms with Crippen molar-refractivity contribution in [3.05, 3.63) is 29.8 Å². The lowest BCUT2D eigenvalue weighted by molar-refractivity contribution is -0.120. The summed E-state index contributed by atoms with van der Waals surface area (Å²) in [5, 5.41) is 3.39. The molecule has 0 saturated carbocycles. The van der Waals surface area contributed by atoms with E-state index in [0.29, 0.717) is 24.0 Å². The molecule has 1 aromatic carbocycles. The molecule has 1 aromatic rings. The molecule has 1 fully saturated rings. The van der Waals surface area contributed by atoms with Crippen molar-refractivity contribution >= 4 is 5.78 Å².